The Labute approximate surface area is 149 Å². The fourth-order valence-corrected chi connectivity index (χ4v) is 3.81. The number of aliphatic hydroxyl groups is 1. The summed E-state index contributed by atoms with van der Waals surface area (Å²) < 4.78 is 39.5. The predicted molar refractivity (Wildman–Crippen MR) is 91.2 cm³/mol. The second-order valence-electron chi connectivity index (χ2n) is 6.95. The smallest absolute Gasteiger partial charge is 0.379 e. The summed E-state index contributed by atoms with van der Waals surface area (Å²) in [5, 5.41) is 17.3. The van der Waals surface area contributed by atoms with Crippen LogP contribution in [0.3, 0.4) is 0 Å². The first kappa shape index (κ1) is 17.4. The molecular weight excluding hydrogens is 345 g/mol. The first-order valence-electron chi connectivity index (χ1n) is 8.80. The van der Waals surface area contributed by atoms with Crippen LogP contribution in [0.25, 0.3) is 0 Å². The number of hydrogen-bond donors (Lipinski definition) is 2. The molecule has 0 radical (unpaired) electrons. The molecule has 0 fully saturated rings. The number of aromatic amines is 1. The van der Waals surface area contributed by atoms with Crippen molar-refractivity contribution in [1.82, 2.24) is 15.1 Å². The average molecular weight is 366 g/mol. The number of aryl methyl sites for hydroxylation is 1. The van der Waals surface area contributed by atoms with Crippen LogP contribution in [0.15, 0.2) is 18.2 Å². The van der Waals surface area contributed by atoms with Gasteiger partial charge in [-0.3, -0.25) is 10.00 Å². The number of benzene rings is 1. The van der Waals surface area contributed by atoms with Crippen molar-refractivity contribution in [2.45, 2.75) is 45.1 Å². The number of anilines is 2. The molecule has 140 valence electrons. The molecule has 2 N–H and O–H groups in total. The number of alkyl halides is 3. The van der Waals surface area contributed by atoms with E-state index < -0.39 is 18.0 Å². The van der Waals surface area contributed by atoms with Gasteiger partial charge in [0, 0.05) is 43.0 Å². The van der Waals surface area contributed by atoms with E-state index >= 15 is 0 Å². The molecule has 1 atom stereocenters. The fraction of sp³-hybridized carbons (Fsp3) is 0.500. The molecule has 2 aromatic rings. The number of halogens is 3. The Hall–Kier alpha value is -2.06. The van der Waals surface area contributed by atoms with Crippen LogP contribution in [0.5, 0.6) is 0 Å². The van der Waals surface area contributed by atoms with Crippen molar-refractivity contribution in [3.05, 3.63) is 40.6 Å². The summed E-state index contributed by atoms with van der Waals surface area (Å²) >= 11 is 0. The number of nitrogens with one attached hydrogen (secondary N) is 1. The first-order valence-corrected chi connectivity index (χ1v) is 8.80. The van der Waals surface area contributed by atoms with Gasteiger partial charge in [0.1, 0.15) is 6.23 Å². The van der Waals surface area contributed by atoms with Crippen molar-refractivity contribution in [2.75, 3.05) is 18.0 Å². The average Bonchev–Trinajstić information content (AvgIpc) is 3.02. The molecule has 1 aromatic carbocycles. The van der Waals surface area contributed by atoms with Gasteiger partial charge >= 0.3 is 6.18 Å². The van der Waals surface area contributed by atoms with Crippen LogP contribution < -0.4 is 4.90 Å². The molecule has 1 aromatic heterocycles. The first-order chi connectivity index (χ1) is 12.3. The van der Waals surface area contributed by atoms with Gasteiger partial charge in [-0.25, -0.2) is 0 Å². The maximum Gasteiger partial charge on any atom is 0.416 e. The van der Waals surface area contributed by atoms with E-state index in [0.29, 0.717) is 24.6 Å². The van der Waals surface area contributed by atoms with E-state index in [0.717, 1.165) is 48.7 Å². The standard InChI is InChI=1S/C18H21F3N4O/c1-11(26)24-8-6-15-14(10-24)17(23-22-15)25-7-2-3-12-4-5-13(9-16(12)25)18(19,20)21/h4-5,9,11,26H,2-3,6-8,10H2,1H3,(H,22,23). The molecule has 2 aliphatic heterocycles. The van der Waals surface area contributed by atoms with Crippen molar-refractivity contribution >= 4 is 11.5 Å². The maximum absolute atomic E-state index is 13.2. The van der Waals surface area contributed by atoms with Gasteiger partial charge in [-0.05, 0) is 37.5 Å². The molecule has 8 heteroatoms. The molecule has 1 unspecified atom stereocenters. The lowest BCUT2D eigenvalue weighted by Gasteiger charge is -2.33. The summed E-state index contributed by atoms with van der Waals surface area (Å²) in [6.45, 7) is 3.60. The van der Waals surface area contributed by atoms with Crippen molar-refractivity contribution in [3.8, 4) is 0 Å². The van der Waals surface area contributed by atoms with Crippen molar-refractivity contribution < 1.29 is 18.3 Å². The highest BCUT2D eigenvalue weighted by Crippen LogP contribution is 2.40. The molecule has 26 heavy (non-hydrogen) atoms. The number of rotatable bonds is 2. The number of H-pyrrole nitrogens is 1. The van der Waals surface area contributed by atoms with E-state index in [1.54, 1.807) is 13.0 Å². The van der Waals surface area contributed by atoms with E-state index in [-0.39, 0.29) is 0 Å². The maximum atomic E-state index is 13.2. The largest absolute Gasteiger partial charge is 0.416 e. The highest BCUT2D eigenvalue weighted by molar-refractivity contribution is 5.69. The van der Waals surface area contributed by atoms with Crippen molar-refractivity contribution in [3.63, 3.8) is 0 Å². The quantitative estimate of drug-likeness (QED) is 0.857. The Bertz CT molecular complexity index is 815. The van der Waals surface area contributed by atoms with Gasteiger partial charge in [0.2, 0.25) is 0 Å². The van der Waals surface area contributed by atoms with Gasteiger partial charge in [-0.1, -0.05) is 6.07 Å². The highest BCUT2D eigenvalue weighted by Gasteiger charge is 2.34. The molecule has 0 saturated heterocycles. The van der Waals surface area contributed by atoms with E-state index in [4.69, 9.17) is 0 Å². The molecule has 3 heterocycles. The van der Waals surface area contributed by atoms with Crippen molar-refractivity contribution in [1.29, 1.82) is 0 Å². The second kappa shape index (κ2) is 6.28. The predicted octanol–water partition coefficient (Wildman–Crippen LogP) is 3.21. The van der Waals surface area contributed by atoms with Crippen LogP contribution in [0.2, 0.25) is 0 Å². The highest BCUT2D eigenvalue weighted by atomic mass is 19.4. The molecule has 0 spiro atoms. The van der Waals surface area contributed by atoms with Gasteiger partial charge in [0.05, 0.1) is 5.56 Å². The van der Waals surface area contributed by atoms with Gasteiger partial charge in [0.25, 0.3) is 0 Å². The van der Waals surface area contributed by atoms with E-state index in [2.05, 4.69) is 10.2 Å². The minimum atomic E-state index is -4.37. The normalized spacial score (nSPS) is 19.2. The van der Waals surface area contributed by atoms with Crippen LogP contribution >= 0.6 is 0 Å². The topological polar surface area (TPSA) is 55.4 Å². The number of hydrogen-bond acceptors (Lipinski definition) is 4. The fourth-order valence-electron chi connectivity index (χ4n) is 3.81. The molecule has 0 amide bonds. The minimum Gasteiger partial charge on any atom is -0.379 e. The van der Waals surface area contributed by atoms with Crippen LogP contribution in [0, 0.1) is 0 Å². The second-order valence-corrected chi connectivity index (χ2v) is 6.95. The van der Waals surface area contributed by atoms with Gasteiger partial charge in [-0.2, -0.15) is 18.3 Å². The van der Waals surface area contributed by atoms with Gasteiger partial charge in [0.15, 0.2) is 5.82 Å². The monoisotopic (exact) mass is 366 g/mol. The molecule has 0 bridgehead atoms. The van der Waals surface area contributed by atoms with Crippen LogP contribution in [-0.2, 0) is 25.6 Å². The van der Waals surface area contributed by atoms with Crippen molar-refractivity contribution in [2.24, 2.45) is 0 Å². The third kappa shape index (κ3) is 2.97. The van der Waals surface area contributed by atoms with E-state index in [1.807, 2.05) is 9.80 Å². The SMILES string of the molecule is CC(O)N1CCc2[nH]nc(N3CCCc4ccc(C(F)(F)F)cc43)c2C1. The number of aromatic nitrogens is 2. The Balaban J connectivity index is 1.74. The Morgan fingerprint density at radius 1 is 1.23 bits per heavy atom. The zero-order valence-corrected chi connectivity index (χ0v) is 14.5. The van der Waals surface area contributed by atoms with Crippen LogP contribution in [-0.4, -0.2) is 39.5 Å². The lowest BCUT2D eigenvalue weighted by Crippen LogP contribution is -2.38. The molecule has 0 saturated carbocycles. The number of nitrogens with zero attached hydrogens (tertiary/aromatic N) is 3. The van der Waals surface area contributed by atoms with Crippen LogP contribution in [0.1, 0.15) is 35.7 Å². The molecular formula is C18H21F3N4O. The summed E-state index contributed by atoms with van der Waals surface area (Å²) in [5.74, 6) is 0.672. The third-order valence-corrected chi connectivity index (χ3v) is 5.26. The molecule has 0 aliphatic carbocycles. The summed E-state index contributed by atoms with van der Waals surface area (Å²) in [7, 11) is 0. The molecule has 5 nitrogen and oxygen atoms in total. The number of fused-ring (bicyclic) bond motifs is 2. The summed E-state index contributed by atoms with van der Waals surface area (Å²) in [6.07, 6.45) is -2.59. The Morgan fingerprint density at radius 2 is 2.04 bits per heavy atom. The summed E-state index contributed by atoms with van der Waals surface area (Å²) in [4.78, 5) is 3.81. The Kier molecular flexibility index (Phi) is 4.19. The van der Waals surface area contributed by atoms with Gasteiger partial charge < -0.3 is 10.0 Å². The van der Waals surface area contributed by atoms with Crippen LogP contribution in [0.4, 0.5) is 24.7 Å². The summed E-state index contributed by atoms with van der Waals surface area (Å²) in [6, 6.07) is 3.95. The third-order valence-electron chi connectivity index (χ3n) is 5.26. The number of aliphatic hydroxyl groups excluding tert-OH is 1. The zero-order valence-electron chi connectivity index (χ0n) is 14.5. The minimum absolute atomic E-state index is 0.531. The lowest BCUT2D eigenvalue weighted by molar-refractivity contribution is -0.137. The molecule has 4 rings (SSSR count). The lowest BCUT2D eigenvalue weighted by atomic mass is 9.98. The molecule has 2 aliphatic rings. The van der Waals surface area contributed by atoms with Gasteiger partial charge in [-0.15, -0.1) is 0 Å². The zero-order chi connectivity index (χ0) is 18.5. The van der Waals surface area contributed by atoms with E-state index in [1.165, 1.54) is 6.07 Å². The summed E-state index contributed by atoms with van der Waals surface area (Å²) in [5.41, 5.74) is 2.80. The Morgan fingerprint density at radius 3 is 2.77 bits per heavy atom. The van der Waals surface area contributed by atoms with E-state index in [9.17, 15) is 18.3 Å².